The zero-order valence-electron chi connectivity index (χ0n) is 16.8. The smallest absolute Gasteiger partial charge is 0.191 e. The van der Waals surface area contributed by atoms with Crippen molar-refractivity contribution in [3.63, 3.8) is 0 Å². The van der Waals surface area contributed by atoms with Crippen molar-refractivity contribution in [2.24, 2.45) is 4.99 Å². The van der Waals surface area contributed by atoms with Gasteiger partial charge in [0.15, 0.2) is 17.4 Å². The molecular weight excluding hydrogens is 376 g/mol. The largest absolute Gasteiger partial charge is 0.489 e. The minimum atomic E-state index is 0.519. The van der Waals surface area contributed by atoms with Crippen LogP contribution in [0.2, 0.25) is 0 Å². The monoisotopic (exact) mass is 400 g/mol. The molecule has 4 aromatic rings. The molecule has 2 aromatic heterocycles. The Labute approximate surface area is 175 Å². The van der Waals surface area contributed by atoms with Gasteiger partial charge < -0.3 is 15.4 Å². The predicted octanol–water partition coefficient (Wildman–Crippen LogP) is 3.17. The lowest BCUT2D eigenvalue weighted by Gasteiger charge is -2.12. The van der Waals surface area contributed by atoms with Crippen LogP contribution in [0.25, 0.3) is 5.65 Å². The van der Waals surface area contributed by atoms with E-state index in [9.17, 15) is 0 Å². The van der Waals surface area contributed by atoms with Crippen LogP contribution in [0.1, 0.15) is 17.0 Å². The third-order valence-corrected chi connectivity index (χ3v) is 4.63. The summed E-state index contributed by atoms with van der Waals surface area (Å²) in [4.78, 5) is 4.29. The number of benzene rings is 2. The number of guanidine groups is 1. The summed E-state index contributed by atoms with van der Waals surface area (Å²) >= 11 is 0. The van der Waals surface area contributed by atoms with Crippen molar-refractivity contribution in [3.8, 4) is 5.75 Å². The Morgan fingerprint density at radius 1 is 0.900 bits per heavy atom. The van der Waals surface area contributed by atoms with Crippen molar-refractivity contribution < 1.29 is 4.74 Å². The number of nitrogens with zero attached hydrogens (tertiary/aromatic N) is 4. The van der Waals surface area contributed by atoms with Crippen LogP contribution in [0.5, 0.6) is 5.75 Å². The number of hydrogen-bond donors (Lipinski definition) is 2. The van der Waals surface area contributed by atoms with Gasteiger partial charge in [0.1, 0.15) is 12.4 Å². The van der Waals surface area contributed by atoms with E-state index in [0.717, 1.165) is 28.3 Å². The third kappa shape index (κ3) is 4.94. The van der Waals surface area contributed by atoms with E-state index < -0.39 is 0 Å². The summed E-state index contributed by atoms with van der Waals surface area (Å²) in [6, 6.07) is 24.0. The fourth-order valence-electron chi connectivity index (χ4n) is 3.07. The second kappa shape index (κ2) is 9.56. The molecule has 30 heavy (non-hydrogen) atoms. The Balaban J connectivity index is 1.30. The second-order valence-corrected chi connectivity index (χ2v) is 6.75. The van der Waals surface area contributed by atoms with Crippen LogP contribution in [-0.4, -0.2) is 27.6 Å². The molecule has 2 N–H and O–H groups in total. The molecule has 0 fully saturated rings. The maximum atomic E-state index is 5.91. The van der Waals surface area contributed by atoms with Gasteiger partial charge in [-0.1, -0.05) is 48.5 Å². The van der Waals surface area contributed by atoms with Gasteiger partial charge in [-0.15, -0.1) is 10.2 Å². The normalized spacial score (nSPS) is 11.4. The standard InChI is InChI=1S/C23H24N6O/c1-24-23(26-16-22-28-27-21-12-5-6-13-29(21)22)25-15-19-10-7-11-20(14-19)30-17-18-8-3-2-4-9-18/h2-14H,15-17H2,1H3,(H2,24,25,26). The number of hydrogen-bond acceptors (Lipinski definition) is 4. The average Bonchev–Trinajstić information content (AvgIpc) is 3.22. The SMILES string of the molecule is CN=C(NCc1cccc(OCc2ccccc2)c1)NCc1nnc2ccccn12. The van der Waals surface area contributed by atoms with Crippen molar-refractivity contribution in [1.82, 2.24) is 25.2 Å². The highest BCUT2D eigenvalue weighted by Gasteiger charge is 2.06. The van der Waals surface area contributed by atoms with E-state index in [0.29, 0.717) is 25.7 Å². The van der Waals surface area contributed by atoms with Gasteiger partial charge in [-0.25, -0.2) is 0 Å². The lowest BCUT2D eigenvalue weighted by atomic mass is 10.2. The van der Waals surface area contributed by atoms with Gasteiger partial charge in [0.25, 0.3) is 0 Å². The Kier molecular flexibility index (Phi) is 6.19. The molecule has 0 aliphatic heterocycles. The van der Waals surface area contributed by atoms with E-state index in [1.807, 2.05) is 65.2 Å². The summed E-state index contributed by atoms with van der Waals surface area (Å²) in [5, 5.41) is 15.0. The Morgan fingerprint density at radius 3 is 2.57 bits per heavy atom. The van der Waals surface area contributed by atoms with Gasteiger partial charge in [-0.05, 0) is 35.4 Å². The molecule has 2 heterocycles. The first-order valence-corrected chi connectivity index (χ1v) is 9.80. The maximum Gasteiger partial charge on any atom is 0.191 e. The van der Waals surface area contributed by atoms with Crippen LogP contribution in [0.15, 0.2) is 84.0 Å². The number of rotatable bonds is 7. The van der Waals surface area contributed by atoms with Gasteiger partial charge >= 0.3 is 0 Å². The van der Waals surface area contributed by atoms with E-state index >= 15 is 0 Å². The van der Waals surface area contributed by atoms with Crippen molar-refractivity contribution in [2.45, 2.75) is 19.7 Å². The van der Waals surface area contributed by atoms with Crippen LogP contribution in [0, 0.1) is 0 Å². The number of fused-ring (bicyclic) bond motifs is 1. The summed E-state index contributed by atoms with van der Waals surface area (Å²) in [7, 11) is 1.75. The highest BCUT2D eigenvalue weighted by atomic mass is 16.5. The maximum absolute atomic E-state index is 5.91. The average molecular weight is 400 g/mol. The Hall–Kier alpha value is -3.87. The van der Waals surface area contributed by atoms with E-state index in [1.165, 1.54) is 0 Å². The minimum Gasteiger partial charge on any atom is -0.489 e. The third-order valence-electron chi connectivity index (χ3n) is 4.63. The summed E-state index contributed by atoms with van der Waals surface area (Å²) in [5.41, 5.74) is 3.08. The molecule has 0 bridgehead atoms. The number of nitrogens with one attached hydrogen (secondary N) is 2. The topological polar surface area (TPSA) is 75.8 Å². The molecule has 0 aliphatic rings. The Bertz CT molecular complexity index is 1120. The molecule has 7 nitrogen and oxygen atoms in total. The number of pyridine rings is 1. The van der Waals surface area contributed by atoms with E-state index in [2.05, 4.69) is 44.0 Å². The van der Waals surface area contributed by atoms with Gasteiger partial charge in [0.2, 0.25) is 0 Å². The molecule has 0 amide bonds. The summed E-state index contributed by atoms with van der Waals surface area (Å²) in [5.74, 6) is 2.36. The molecule has 0 spiro atoms. The van der Waals surface area contributed by atoms with E-state index in [-0.39, 0.29) is 0 Å². The summed E-state index contributed by atoms with van der Waals surface area (Å²) in [6.45, 7) is 1.70. The zero-order chi connectivity index (χ0) is 20.6. The predicted molar refractivity (Wildman–Crippen MR) is 117 cm³/mol. The van der Waals surface area contributed by atoms with Crippen LogP contribution in [0.4, 0.5) is 0 Å². The van der Waals surface area contributed by atoms with Gasteiger partial charge in [0.05, 0.1) is 6.54 Å². The van der Waals surface area contributed by atoms with Crippen LogP contribution in [0.3, 0.4) is 0 Å². The van der Waals surface area contributed by atoms with Crippen LogP contribution >= 0.6 is 0 Å². The molecule has 0 saturated carbocycles. The molecule has 0 aliphatic carbocycles. The molecule has 0 saturated heterocycles. The number of aromatic nitrogens is 3. The van der Waals surface area contributed by atoms with Gasteiger partial charge in [-0.3, -0.25) is 9.39 Å². The minimum absolute atomic E-state index is 0.519. The van der Waals surface area contributed by atoms with Crippen molar-refractivity contribution >= 4 is 11.6 Å². The second-order valence-electron chi connectivity index (χ2n) is 6.75. The molecule has 0 unspecified atom stereocenters. The number of aliphatic imine (C=N–C) groups is 1. The lowest BCUT2D eigenvalue weighted by Crippen LogP contribution is -2.36. The summed E-state index contributed by atoms with van der Waals surface area (Å²) in [6.07, 6.45) is 1.95. The highest BCUT2D eigenvalue weighted by molar-refractivity contribution is 5.79. The fraction of sp³-hybridized carbons (Fsp3) is 0.174. The zero-order valence-corrected chi connectivity index (χ0v) is 16.8. The molecule has 7 heteroatoms. The van der Waals surface area contributed by atoms with Crippen molar-refractivity contribution in [2.75, 3.05) is 7.05 Å². The van der Waals surface area contributed by atoms with Crippen LogP contribution in [-0.2, 0) is 19.7 Å². The number of ether oxygens (including phenoxy) is 1. The molecule has 0 radical (unpaired) electrons. The van der Waals surface area contributed by atoms with Gasteiger partial charge in [-0.2, -0.15) is 0 Å². The first-order valence-electron chi connectivity index (χ1n) is 9.80. The molecule has 0 atom stereocenters. The molecular formula is C23H24N6O. The summed E-state index contributed by atoms with van der Waals surface area (Å²) < 4.78 is 7.86. The fourth-order valence-corrected chi connectivity index (χ4v) is 3.07. The van der Waals surface area contributed by atoms with Crippen molar-refractivity contribution in [1.29, 1.82) is 0 Å². The van der Waals surface area contributed by atoms with E-state index in [1.54, 1.807) is 7.05 Å². The van der Waals surface area contributed by atoms with Gasteiger partial charge in [0, 0.05) is 19.8 Å². The van der Waals surface area contributed by atoms with E-state index in [4.69, 9.17) is 4.74 Å². The highest BCUT2D eigenvalue weighted by Crippen LogP contribution is 2.15. The molecule has 152 valence electrons. The quantitative estimate of drug-likeness (QED) is 0.368. The first-order chi connectivity index (χ1) is 14.8. The molecule has 4 rings (SSSR count). The van der Waals surface area contributed by atoms with Crippen LogP contribution < -0.4 is 15.4 Å². The lowest BCUT2D eigenvalue weighted by molar-refractivity contribution is 0.306. The Morgan fingerprint density at radius 2 is 1.70 bits per heavy atom. The first kappa shape index (κ1) is 19.4. The molecule has 2 aromatic carbocycles. The van der Waals surface area contributed by atoms with Crippen molar-refractivity contribution in [3.05, 3.63) is 95.9 Å².